The second-order valence-corrected chi connectivity index (χ2v) is 6.68. The molecule has 0 aromatic heterocycles. The van der Waals surface area contributed by atoms with E-state index in [4.69, 9.17) is 9.47 Å². The third kappa shape index (κ3) is 4.42. The van der Waals surface area contributed by atoms with Gasteiger partial charge in [-0.1, -0.05) is 42.5 Å². The van der Waals surface area contributed by atoms with Gasteiger partial charge in [0.1, 0.15) is 18.0 Å². The molecule has 3 atom stereocenters. The summed E-state index contributed by atoms with van der Waals surface area (Å²) in [4.78, 5) is 13.7. The van der Waals surface area contributed by atoms with E-state index in [0.29, 0.717) is 19.5 Å². The molecule has 0 unspecified atom stereocenters. The van der Waals surface area contributed by atoms with E-state index in [-0.39, 0.29) is 12.0 Å². The molecule has 5 heteroatoms. The minimum absolute atomic E-state index is 0.0810. The Hall–Kier alpha value is -2.37. The van der Waals surface area contributed by atoms with Crippen molar-refractivity contribution >= 4 is 5.97 Å². The quantitative estimate of drug-likeness (QED) is 0.807. The largest absolute Gasteiger partial charge is 0.497 e. The van der Waals surface area contributed by atoms with Crippen molar-refractivity contribution in [3.05, 3.63) is 65.7 Å². The van der Waals surface area contributed by atoms with Gasteiger partial charge in [-0.05, 0) is 29.7 Å². The number of ether oxygens (including phenoxy) is 2. The minimum atomic E-state index is -0.689. The lowest BCUT2D eigenvalue weighted by atomic mass is 10.0. The SMILES string of the molecule is COc1ccc(C[C@@H]2[C@H](OC(C)=O)[C@H](O)CN2Cc2ccccc2)cc1. The first-order valence-corrected chi connectivity index (χ1v) is 8.83. The Morgan fingerprint density at radius 3 is 2.42 bits per heavy atom. The number of benzene rings is 2. The number of carbonyl (C=O) groups excluding carboxylic acids is 1. The highest BCUT2D eigenvalue weighted by molar-refractivity contribution is 5.66. The van der Waals surface area contributed by atoms with Crippen LogP contribution in [0.3, 0.4) is 0 Å². The molecule has 0 bridgehead atoms. The first-order chi connectivity index (χ1) is 12.6. The summed E-state index contributed by atoms with van der Waals surface area (Å²) >= 11 is 0. The van der Waals surface area contributed by atoms with Crippen LogP contribution in [0.4, 0.5) is 0 Å². The average molecular weight is 355 g/mol. The number of β-amino-alcohol motifs (C(OH)–C–C–N with tert-alkyl or cyclic N) is 1. The maximum atomic E-state index is 11.5. The summed E-state index contributed by atoms with van der Waals surface area (Å²) in [5, 5.41) is 10.5. The van der Waals surface area contributed by atoms with Gasteiger partial charge in [0.05, 0.1) is 13.2 Å². The predicted octanol–water partition coefficient (Wildman–Crippen LogP) is 2.41. The molecule has 1 N–H and O–H groups in total. The fourth-order valence-electron chi connectivity index (χ4n) is 3.54. The number of esters is 1. The van der Waals surface area contributed by atoms with Gasteiger partial charge in [0.15, 0.2) is 0 Å². The first kappa shape index (κ1) is 18.4. The topological polar surface area (TPSA) is 59.0 Å². The number of nitrogens with zero attached hydrogens (tertiary/aromatic N) is 1. The zero-order valence-electron chi connectivity index (χ0n) is 15.2. The molecule has 1 saturated heterocycles. The zero-order chi connectivity index (χ0) is 18.5. The van der Waals surface area contributed by atoms with E-state index in [1.807, 2.05) is 42.5 Å². The van der Waals surface area contributed by atoms with Crippen molar-refractivity contribution in [1.82, 2.24) is 4.90 Å². The van der Waals surface area contributed by atoms with Crippen LogP contribution in [-0.2, 0) is 22.5 Å². The number of aliphatic hydroxyl groups excluding tert-OH is 1. The molecule has 2 aromatic carbocycles. The summed E-state index contributed by atoms with van der Waals surface area (Å²) in [7, 11) is 1.64. The maximum absolute atomic E-state index is 11.5. The van der Waals surface area contributed by atoms with Crippen LogP contribution in [0.1, 0.15) is 18.1 Å². The molecule has 0 aliphatic carbocycles. The number of rotatable bonds is 6. The Balaban J connectivity index is 1.80. The van der Waals surface area contributed by atoms with Crippen molar-refractivity contribution in [2.24, 2.45) is 0 Å². The number of carbonyl (C=O) groups is 1. The van der Waals surface area contributed by atoms with Gasteiger partial charge in [-0.25, -0.2) is 0 Å². The molecule has 0 amide bonds. The lowest BCUT2D eigenvalue weighted by Gasteiger charge is -2.28. The summed E-state index contributed by atoms with van der Waals surface area (Å²) < 4.78 is 10.7. The zero-order valence-corrected chi connectivity index (χ0v) is 15.2. The minimum Gasteiger partial charge on any atom is -0.497 e. The molecule has 5 nitrogen and oxygen atoms in total. The van der Waals surface area contributed by atoms with Crippen LogP contribution >= 0.6 is 0 Å². The molecule has 26 heavy (non-hydrogen) atoms. The van der Waals surface area contributed by atoms with Crippen LogP contribution in [0.2, 0.25) is 0 Å². The van der Waals surface area contributed by atoms with Crippen molar-refractivity contribution in [2.45, 2.75) is 38.1 Å². The monoisotopic (exact) mass is 355 g/mol. The Kier molecular flexibility index (Phi) is 5.91. The summed E-state index contributed by atoms with van der Waals surface area (Å²) in [5.74, 6) is 0.438. The van der Waals surface area contributed by atoms with Crippen molar-refractivity contribution in [3.8, 4) is 5.75 Å². The van der Waals surface area contributed by atoms with Gasteiger partial charge < -0.3 is 14.6 Å². The van der Waals surface area contributed by atoms with E-state index in [2.05, 4.69) is 17.0 Å². The summed E-state index contributed by atoms with van der Waals surface area (Å²) in [6.45, 7) is 2.57. The molecule has 3 rings (SSSR count). The van der Waals surface area contributed by atoms with Crippen molar-refractivity contribution in [2.75, 3.05) is 13.7 Å². The van der Waals surface area contributed by atoms with E-state index in [9.17, 15) is 9.90 Å². The highest BCUT2D eigenvalue weighted by Gasteiger charge is 2.42. The van der Waals surface area contributed by atoms with E-state index in [1.165, 1.54) is 12.5 Å². The Morgan fingerprint density at radius 2 is 1.81 bits per heavy atom. The second-order valence-electron chi connectivity index (χ2n) is 6.68. The molecular formula is C21H25NO4. The number of likely N-dealkylation sites (tertiary alicyclic amines) is 1. The van der Waals surface area contributed by atoms with Crippen LogP contribution in [0.25, 0.3) is 0 Å². The van der Waals surface area contributed by atoms with Gasteiger partial charge in [0.25, 0.3) is 0 Å². The van der Waals surface area contributed by atoms with Crippen molar-refractivity contribution in [3.63, 3.8) is 0 Å². The predicted molar refractivity (Wildman–Crippen MR) is 98.9 cm³/mol. The lowest BCUT2D eigenvalue weighted by Crippen LogP contribution is -2.40. The number of aliphatic hydroxyl groups is 1. The van der Waals surface area contributed by atoms with Gasteiger partial charge >= 0.3 is 5.97 Å². The van der Waals surface area contributed by atoms with Crippen LogP contribution in [0.5, 0.6) is 5.75 Å². The van der Waals surface area contributed by atoms with Gasteiger partial charge in [-0.15, -0.1) is 0 Å². The number of hydrogen-bond acceptors (Lipinski definition) is 5. The fraction of sp³-hybridized carbons (Fsp3) is 0.381. The summed E-state index contributed by atoms with van der Waals surface area (Å²) in [6.07, 6.45) is -0.532. The molecule has 1 aliphatic rings. The number of methoxy groups -OCH3 is 1. The highest BCUT2D eigenvalue weighted by atomic mass is 16.6. The molecule has 138 valence electrons. The van der Waals surface area contributed by atoms with Crippen LogP contribution in [-0.4, -0.2) is 47.9 Å². The van der Waals surface area contributed by atoms with Gasteiger partial charge in [0.2, 0.25) is 0 Å². The van der Waals surface area contributed by atoms with Crippen molar-refractivity contribution < 1.29 is 19.4 Å². The lowest BCUT2D eigenvalue weighted by molar-refractivity contribution is -0.151. The maximum Gasteiger partial charge on any atom is 0.303 e. The van der Waals surface area contributed by atoms with Crippen LogP contribution in [0.15, 0.2) is 54.6 Å². The van der Waals surface area contributed by atoms with E-state index in [0.717, 1.165) is 11.3 Å². The van der Waals surface area contributed by atoms with Crippen molar-refractivity contribution in [1.29, 1.82) is 0 Å². The van der Waals surface area contributed by atoms with Crippen LogP contribution < -0.4 is 4.74 Å². The molecule has 0 radical (unpaired) electrons. The molecule has 1 aliphatic heterocycles. The fourth-order valence-corrected chi connectivity index (χ4v) is 3.54. The third-order valence-corrected chi connectivity index (χ3v) is 4.78. The average Bonchev–Trinajstić information content (AvgIpc) is 2.91. The summed E-state index contributed by atoms with van der Waals surface area (Å²) in [5.41, 5.74) is 2.28. The standard InChI is InChI=1S/C21H25NO4/c1-15(23)26-21-19(12-16-8-10-18(25-2)11-9-16)22(14-20(21)24)13-17-6-4-3-5-7-17/h3-11,19-21,24H,12-14H2,1-2H3/t19-,20-,21+/m1/s1. The Morgan fingerprint density at radius 1 is 1.12 bits per heavy atom. The summed E-state index contributed by atoms with van der Waals surface area (Å²) in [6, 6.07) is 17.9. The van der Waals surface area contributed by atoms with Gasteiger partial charge in [-0.3, -0.25) is 9.69 Å². The molecule has 0 spiro atoms. The highest BCUT2D eigenvalue weighted by Crippen LogP contribution is 2.27. The van der Waals surface area contributed by atoms with E-state index in [1.54, 1.807) is 7.11 Å². The van der Waals surface area contributed by atoms with Gasteiger partial charge in [-0.2, -0.15) is 0 Å². The van der Waals surface area contributed by atoms with E-state index >= 15 is 0 Å². The Bertz CT molecular complexity index is 717. The van der Waals surface area contributed by atoms with Gasteiger partial charge in [0, 0.05) is 20.0 Å². The van der Waals surface area contributed by atoms with Crippen LogP contribution in [0, 0.1) is 0 Å². The molecule has 1 fully saturated rings. The second kappa shape index (κ2) is 8.34. The smallest absolute Gasteiger partial charge is 0.303 e. The molecule has 0 saturated carbocycles. The third-order valence-electron chi connectivity index (χ3n) is 4.78. The number of hydrogen-bond donors (Lipinski definition) is 1. The molecule has 1 heterocycles. The molecular weight excluding hydrogens is 330 g/mol. The molecule has 2 aromatic rings. The Labute approximate surface area is 154 Å². The first-order valence-electron chi connectivity index (χ1n) is 8.83. The van der Waals surface area contributed by atoms with E-state index < -0.39 is 12.2 Å². The normalized spacial score (nSPS) is 23.0.